The van der Waals surface area contributed by atoms with Gasteiger partial charge in [-0.2, -0.15) is 0 Å². The number of amides is 1. The third-order valence-electron chi connectivity index (χ3n) is 4.51. The second-order valence-electron chi connectivity index (χ2n) is 6.80. The van der Waals surface area contributed by atoms with Crippen molar-refractivity contribution in [3.63, 3.8) is 0 Å². The van der Waals surface area contributed by atoms with Crippen LogP contribution in [0.25, 0.3) is 0 Å². The number of carbonyl (C=O) groups excluding carboxylic acids is 1. The van der Waals surface area contributed by atoms with E-state index in [9.17, 15) is 4.79 Å². The maximum Gasteiger partial charge on any atom is 0.265 e. The van der Waals surface area contributed by atoms with E-state index in [-0.39, 0.29) is 5.91 Å². The van der Waals surface area contributed by atoms with Gasteiger partial charge in [0.05, 0.1) is 0 Å². The van der Waals surface area contributed by atoms with Gasteiger partial charge in [-0.05, 0) is 61.4 Å². The van der Waals surface area contributed by atoms with Crippen LogP contribution in [0.15, 0.2) is 78.9 Å². The molecule has 0 saturated heterocycles. The molecular weight excluding hydrogens is 378 g/mol. The Hall–Kier alpha value is -3.47. The van der Waals surface area contributed by atoms with E-state index >= 15 is 0 Å². The maximum absolute atomic E-state index is 12.6. The van der Waals surface area contributed by atoms with E-state index < -0.39 is 6.10 Å². The molecule has 3 aromatic carbocycles. The molecule has 0 aliphatic heterocycles. The molecule has 1 atom stereocenters. The van der Waals surface area contributed by atoms with Gasteiger partial charge in [-0.1, -0.05) is 43.3 Å². The Morgan fingerprint density at radius 3 is 2.07 bits per heavy atom. The highest BCUT2D eigenvalue weighted by molar-refractivity contribution is 5.94. The van der Waals surface area contributed by atoms with Gasteiger partial charge in [-0.3, -0.25) is 4.79 Å². The number of ether oxygens (including phenoxy) is 3. The topological polar surface area (TPSA) is 56.8 Å². The summed E-state index contributed by atoms with van der Waals surface area (Å²) in [5.41, 5.74) is 1.70. The molecular formula is C25H27NO4. The van der Waals surface area contributed by atoms with E-state index in [1.807, 2.05) is 92.7 Å². The standard InChI is InChI=1S/C25H27NO4/c1-3-23(30-24-12-8-7-9-19(24)2)25(27)26-20-13-15-22(16-14-20)29-18-17-28-21-10-5-4-6-11-21/h4-16,23H,3,17-18H2,1-2H3,(H,26,27). The molecule has 30 heavy (non-hydrogen) atoms. The van der Waals surface area contributed by atoms with Gasteiger partial charge < -0.3 is 19.5 Å². The molecule has 0 radical (unpaired) electrons. The lowest BCUT2D eigenvalue weighted by molar-refractivity contribution is -0.122. The Labute approximate surface area is 177 Å². The predicted octanol–water partition coefficient (Wildman–Crippen LogP) is 5.25. The Kier molecular flexibility index (Phi) is 7.72. The largest absolute Gasteiger partial charge is 0.490 e. The molecule has 1 N–H and O–H groups in total. The Morgan fingerprint density at radius 1 is 0.833 bits per heavy atom. The molecule has 0 aliphatic rings. The van der Waals surface area contributed by atoms with E-state index in [0.29, 0.717) is 31.1 Å². The molecule has 0 heterocycles. The van der Waals surface area contributed by atoms with Crippen LogP contribution in [0.2, 0.25) is 0 Å². The quantitative estimate of drug-likeness (QED) is 0.468. The van der Waals surface area contributed by atoms with E-state index in [1.165, 1.54) is 0 Å². The smallest absolute Gasteiger partial charge is 0.265 e. The van der Waals surface area contributed by atoms with Gasteiger partial charge in [-0.15, -0.1) is 0 Å². The van der Waals surface area contributed by atoms with Crippen molar-refractivity contribution in [2.45, 2.75) is 26.4 Å². The molecule has 0 saturated carbocycles. The van der Waals surface area contributed by atoms with Crippen molar-refractivity contribution >= 4 is 11.6 Å². The summed E-state index contributed by atoms with van der Waals surface area (Å²) in [5.74, 6) is 2.08. The Bertz CT molecular complexity index is 925. The average molecular weight is 405 g/mol. The highest BCUT2D eigenvalue weighted by Gasteiger charge is 2.19. The summed E-state index contributed by atoms with van der Waals surface area (Å²) in [5, 5.41) is 2.90. The molecule has 5 heteroatoms. The molecule has 0 bridgehead atoms. The summed E-state index contributed by atoms with van der Waals surface area (Å²) in [4.78, 5) is 12.6. The molecule has 1 unspecified atom stereocenters. The summed E-state index contributed by atoms with van der Waals surface area (Å²) in [7, 11) is 0. The van der Waals surface area contributed by atoms with Gasteiger partial charge in [0.25, 0.3) is 5.91 Å². The van der Waals surface area contributed by atoms with Crippen LogP contribution in [0.4, 0.5) is 5.69 Å². The molecule has 0 fully saturated rings. The van der Waals surface area contributed by atoms with Gasteiger partial charge in [0.1, 0.15) is 30.5 Å². The number of hydrogen-bond donors (Lipinski definition) is 1. The Balaban J connectivity index is 1.46. The predicted molar refractivity (Wildman–Crippen MR) is 118 cm³/mol. The van der Waals surface area contributed by atoms with Gasteiger partial charge in [0.15, 0.2) is 6.10 Å². The monoisotopic (exact) mass is 405 g/mol. The first-order valence-corrected chi connectivity index (χ1v) is 10.1. The number of hydrogen-bond acceptors (Lipinski definition) is 4. The first kappa shape index (κ1) is 21.2. The lowest BCUT2D eigenvalue weighted by Gasteiger charge is -2.18. The van der Waals surface area contributed by atoms with Crippen molar-refractivity contribution in [1.29, 1.82) is 0 Å². The van der Waals surface area contributed by atoms with Crippen molar-refractivity contribution < 1.29 is 19.0 Å². The van der Waals surface area contributed by atoms with Crippen LogP contribution < -0.4 is 19.5 Å². The van der Waals surface area contributed by atoms with Crippen molar-refractivity contribution in [3.05, 3.63) is 84.4 Å². The van der Waals surface area contributed by atoms with Crippen LogP contribution in [0.3, 0.4) is 0 Å². The van der Waals surface area contributed by atoms with E-state index in [1.54, 1.807) is 0 Å². The van der Waals surface area contributed by atoms with Crippen molar-refractivity contribution in [2.75, 3.05) is 18.5 Å². The van der Waals surface area contributed by atoms with Crippen molar-refractivity contribution in [2.24, 2.45) is 0 Å². The zero-order valence-corrected chi connectivity index (χ0v) is 17.3. The van der Waals surface area contributed by atoms with Gasteiger partial charge in [0.2, 0.25) is 0 Å². The molecule has 3 aromatic rings. The fourth-order valence-electron chi connectivity index (χ4n) is 2.86. The first-order valence-electron chi connectivity index (χ1n) is 10.1. The van der Waals surface area contributed by atoms with Crippen LogP contribution in [0.1, 0.15) is 18.9 Å². The molecule has 0 aromatic heterocycles. The van der Waals surface area contributed by atoms with E-state index in [0.717, 1.165) is 17.1 Å². The summed E-state index contributed by atoms with van der Waals surface area (Å²) >= 11 is 0. The maximum atomic E-state index is 12.6. The fourth-order valence-corrected chi connectivity index (χ4v) is 2.86. The van der Waals surface area contributed by atoms with Crippen LogP contribution in [0, 0.1) is 6.92 Å². The third-order valence-corrected chi connectivity index (χ3v) is 4.51. The highest BCUT2D eigenvalue weighted by atomic mass is 16.5. The fraction of sp³-hybridized carbons (Fsp3) is 0.240. The average Bonchev–Trinajstić information content (AvgIpc) is 2.78. The zero-order chi connectivity index (χ0) is 21.2. The van der Waals surface area contributed by atoms with Gasteiger partial charge in [-0.25, -0.2) is 0 Å². The molecule has 3 rings (SSSR count). The highest BCUT2D eigenvalue weighted by Crippen LogP contribution is 2.20. The number of benzene rings is 3. The summed E-state index contributed by atoms with van der Waals surface area (Å²) in [6.45, 7) is 4.78. The number of aryl methyl sites for hydroxylation is 1. The van der Waals surface area contributed by atoms with Gasteiger partial charge in [0, 0.05) is 5.69 Å². The molecule has 0 aliphatic carbocycles. The zero-order valence-electron chi connectivity index (χ0n) is 17.3. The minimum absolute atomic E-state index is 0.175. The third kappa shape index (κ3) is 6.27. The first-order chi connectivity index (χ1) is 14.7. The molecule has 1 amide bonds. The second-order valence-corrected chi connectivity index (χ2v) is 6.80. The summed E-state index contributed by atoms with van der Waals surface area (Å²) < 4.78 is 17.2. The summed E-state index contributed by atoms with van der Waals surface area (Å²) in [6, 6.07) is 24.6. The molecule has 156 valence electrons. The van der Waals surface area contributed by atoms with E-state index in [4.69, 9.17) is 14.2 Å². The SMILES string of the molecule is CCC(Oc1ccccc1C)C(=O)Nc1ccc(OCCOc2ccccc2)cc1. The second kappa shape index (κ2) is 10.9. The number of nitrogens with one attached hydrogen (secondary N) is 1. The minimum atomic E-state index is -0.558. The molecule has 5 nitrogen and oxygen atoms in total. The van der Waals surface area contributed by atoms with Crippen molar-refractivity contribution in [3.8, 4) is 17.2 Å². The number of para-hydroxylation sites is 2. The number of rotatable bonds is 10. The lowest BCUT2D eigenvalue weighted by Crippen LogP contribution is -2.32. The summed E-state index contributed by atoms with van der Waals surface area (Å²) in [6.07, 6.45) is 0.0140. The number of carbonyl (C=O) groups is 1. The number of anilines is 1. The lowest BCUT2D eigenvalue weighted by atomic mass is 10.2. The molecule has 0 spiro atoms. The van der Waals surface area contributed by atoms with E-state index in [2.05, 4.69) is 5.32 Å². The van der Waals surface area contributed by atoms with Crippen LogP contribution in [-0.2, 0) is 4.79 Å². The Morgan fingerprint density at radius 2 is 1.43 bits per heavy atom. The van der Waals surface area contributed by atoms with Gasteiger partial charge >= 0.3 is 0 Å². The minimum Gasteiger partial charge on any atom is -0.490 e. The van der Waals surface area contributed by atoms with Crippen molar-refractivity contribution in [1.82, 2.24) is 0 Å². The van der Waals surface area contributed by atoms with Crippen LogP contribution in [-0.4, -0.2) is 25.2 Å². The van der Waals surface area contributed by atoms with Crippen LogP contribution in [0.5, 0.6) is 17.2 Å². The van der Waals surface area contributed by atoms with Crippen LogP contribution >= 0.6 is 0 Å². The normalized spacial score (nSPS) is 11.4.